The lowest BCUT2D eigenvalue weighted by Crippen LogP contribution is -2.40. The summed E-state index contributed by atoms with van der Waals surface area (Å²) >= 11 is 0. The highest BCUT2D eigenvalue weighted by molar-refractivity contribution is 4.91. The maximum atomic E-state index is 12.0. The Balaban J connectivity index is 2.66. The Morgan fingerprint density at radius 2 is 2.00 bits per heavy atom. The summed E-state index contributed by atoms with van der Waals surface area (Å²) in [4.78, 5) is 23.6. The second-order valence-electron chi connectivity index (χ2n) is 5.52. The van der Waals surface area contributed by atoms with E-state index in [4.69, 9.17) is 11.0 Å². The van der Waals surface area contributed by atoms with Gasteiger partial charge in [-0.2, -0.15) is 5.26 Å². The molecule has 1 rings (SSSR count). The van der Waals surface area contributed by atoms with Crippen LogP contribution in [0.5, 0.6) is 0 Å². The molecular formula is C14H22N4O2. The van der Waals surface area contributed by atoms with Crippen LogP contribution >= 0.6 is 0 Å². The van der Waals surface area contributed by atoms with Gasteiger partial charge in [-0.1, -0.05) is 6.42 Å². The lowest BCUT2D eigenvalue weighted by molar-refractivity contribution is 0.412. The fourth-order valence-electron chi connectivity index (χ4n) is 1.97. The van der Waals surface area contributed by atoms with Gasteiger partial charge >= 0.3 is 5.69 Å². The standard InChI is InChI=1S/C14H22N4O2/c1-14(2,11-16)6-3-4-8-17-9-5-12(19)18(10-7-15)13(17)20/h5,9H,3-4,6-8,10,15H2,1-2H3. The average molecular weight is 278 g/mol. The molecule has 110 valence electrons. The van der Waals surface area contributed by atoms with Crippen LogP contribution in [-0.2, 0) is 13.1 Å². The Morgan fingerprint density at radius 3 is 2.60 bits per heavy atom. The van der Waals surface area contributed by atoms with Gasteiger partial charge in [0.1, 0.15) is 0 Å². The van der Waals surface area contributed by atoms with Crippen LogP contribution in [0, 0.1) is 16.7 Å². The number of nitriles is 1. The zero-order valence-electron chi connectivity index (χ0n) is 12.1. The smallest absolute Gasteiger partial charge is 0.329 e. The number of aryl methyl sites for hydroxylation is 1. The molecule has 0 atom stereocenters. The molecule has 0 aromatic carbocycles. The van der Waals surface area contributed by atoms with Crippen molar-refractivity contribution in [2.45, 2.75) is 46.2 Å². The molecular weight excluding hydrogens is 256 g/mol. The first-order valence-corrected chi connectivity index (χ1v) is 6.83. The third-order valence-electron chi connectivity index (χ3n) is 3.25. The molecule has 1 heterocycles. The van der Waals surface area contributed by atoms with Crippen molar-refractivity contribution in [1.82, 2.24) is 9.13 Å². The topological polar surface area (TPSA) is 93.8 Å². The van der Waals surface area contributed by atoms with E-state index in [0.717, 1.165) is 23.8 Å². The number of nitrogens with zero attached hydrogens (tertiary/aromatic N) is 3. The van der Waals surface area contributed by atoms with E-state index >= 15 is 0 Å². The van der Waals surface area contributed by atoms with Gasteiger partial charge in [-0.3, -0.25) is 9.36 Å². The molecule has 0 amide bonds. The van der Waals surface area contributed by atoms with E-state index < -0.39 is 0 Å². The Hall–Kier alpha value is -1.87. The van der Waals surface area contributed by atoms with Crippen molar-refractivity contribution in [3.8, 4) is 6.07 Å². The summed E-state index contributed by atoms with van der Waals surface area (Å²) < 4.78 is 2.68. The van der Waals surface area contributed by atoms with Gasteiger partial charge in [-0.15, -0.1) is 0 Å². The number of unbranched alkanes of at least 4 members (excludes halogenated alkanes) is 1. The summed E-state index contributed by atoms with van der Waals surface area (Å²) in [5, 5.41) is 8.93. The lowest BCUT2D eigenvalue weighted by Gasteiger charge is -2.14. The van der Waals surface area contributed by atoms with E-state index in [1.807, 2.05) is 13.8 Å². The van der Waals surface area contributed by atoms with Crippen LogP contribution in [0.1, 0.15) is 33.1 Å². The fourth-order valence-corrected chi connectivity index (χ4v) is 1.97. The largest absolute Gasteiger partial charge is 0.331 e. The third kappa shape index (κ3) is 4.35. The predicted molar refractivity (Wildman–Crippen MR) is 77.3 cm³/mol. The molecule has 0 unspecified atom stereocenters. The number of aromatic nitrogens is 2. The molecule has 6 heteroatoms. The maximum Gasteiger partial charge on any atom is 0.331 e. The molecule has 6 nitrogen and oxygen atoms in total. The molecule has 0 fully saturated rings. The molecule has 0 radical (unpaired) electrons. The third-order valence-corrected chi connectivity index (χ3v) is 3.25. The molecule has 0 saturated heterocycles. The summed E-state index contributed by atoms with van der Waals surface area (Å²) in [6.07, 6.45) is 3.97. The Bertz CT molecular complexity index is 592. The first-order valence-electron chi connectivity index (χ1n) is 6.83. The lowest BCUT2D eigenvalue weighted by atomic mass is 9.89. The van der Waals surface area contributed by atoms with Crippen molar-refractivity contribution in [1.29, 1.82) is 5.26 Å². The summed E-state index contributed by atoms with van der Waals surface area (Å²) in [5.74, 6) is 0. The number of nitrogens with two attached hydrogens (primary N) is 1. The number of hydrogen-bond donors (Lipinski definition) is 1. The highest BCUT2D eigenvalue weighted by Gasteiger charge is 2.15. The van der Waals surface area contributed by atoms with Gasteiger partial charge in [-0.05, 0) is 26.7 Å². The summed E-state index contributed by atoms with van der Waals surface area (Å²) in [7, 11) is 0. The molecule has 1 aromatic rings. The van der Waals surface area contributed by atoms with Gasteiger partial charge < -0.3 is 10.3 Å². The van der Waals surface area contributed by atoms with Gasteiger partial charge in [0.25, 0.3) is 5.56 Å². The van der Waals surface area contributed by atoms with Crippen LogP contribution in [0.3, 0.4) is 0 Å². The molecule has 0 aliphatic carbocycles. The molecule has 0 bridgehead atoms. The molecule has 0 aliphatic rings. The van der Waals surface area contributed by atoms with E-state index in [1.165, 1.54) is 16.8 Å². The van der Waals surface area contributed by atoms with Crippen molar-refractivity contribution in [2.24, 2.45) is 11.1 Å². The van der Waals surface area contributed by atoms with Crippen molar-refractivity contribution >= 4 is 0 Å². The van der Waals surface area contributed by atoms with E-state index in [2.05, 4.69) is 6.07 Å². The van der Waals surface area contributed by atoms with Gasteiger partial charge in [0.05, 0.1) is 11.5 Å². The minimum Gasteiger partial charge on any atom is -0.329 e. The molecule has 1 aromatic heterocycles. The highest BCUT2D eigenvalue weighted by atomic mass is 16.2. The van der Waals surface area contributed by atoms with Gasteiger partial charge in [0, 0.05) is 31.9 Å². The predicted octanol–water partition coefficient (Wildman–Crippen LogP) is 0.689. The van der Waals surface area contributed by atoms with E-state index in [-0.39, 0.29) is 29.8 Å². The zero-order valence-corrected chi connectivity index (χ0v) is 12.1. The van der Waals surface area contributed by atoms with Crippen LogP contribution in [0.2, 0.25) is 0 Å². The van der Waals surface area contributed by atoms with E-state index in [1.54, 1.807) is 0 Å². The molecule has 0 aliphatic heterocycles. The van der Waals surface area contributed by atoms with Crippen LogP contribution in [0.15, 0.2) is 21.9 Å². The monoisotopic (exact) mass is 278 g/mol. The zero-order chi connectivity index (χ0) is 15.2. The van der Waals surface area contributed by atoms with Crippen LogP contribution in [-0.4, -0.2) is 15.7 Å². The first kappa shape index (κ1) is 16.2. The van der Waals surface area contributed by atoms with Crippen LogP contribution in [0.4, 0.5) is 0 Å². The molecule has 2 N–H and O–H groups in total. The average Bonchev–Trinajstić information content (AvgIpc) is 2.41. The second-order valence-corrected chi connectivity index (χ2v) is 5.52. The highest BCUT2D eigenvalue weighted by Crippen LogP contribution is 2.21. The maximum absolute atomic E-state index is 12.0. The van der Waals surface area contributed by atoms with Crippen molar-refractivity contribution in [3.63, 3.8) is 0 Å². The second kappa shape index (κ2) is 7.06. The van der Waals surface area contributed by atoms with E-state index in [9.17, 15) is 9.59 Å². The minimum atomic E-state index is -0.330. The molecule has 0 saturated carbocycles. The first-order chi connectivity index (χ1) is 9.41. The normalized spacial score (nSPS) is 11.3. The molecule has 0 spiro atoms. The Kier molecular flexibility index (Phi) is 5.71. The van der Waals surface area contributed by atoms with Crippen molar-refractivity contribution in [2.75, 3.05) is 6.54 Å². The van der Waals surface area contributed by atoms with E-state index in [0.29, 0.717) is 6.54 Å². The number of rotatable bonds is 7. The minimum absolute atomic E-state index is 0.236. The summed E-state index contributed by atoms with van der Waals surface area (Å²) in [6.45, 7) is 4.85. The summed E-state index contributed by atoms with van der Waals surface area (Å²) in [5.41, 5.74) is 4.43. The molecule has 20 heavy (non-hydrogen) atoms. The van der Waals surface area contributed by atoms with Crippen molar-refractivity contribution in [3.05, 3.63) is 33.1 Å². The van der Waals surface area contributed by atoms with Gasteiger partial charge in [0.15, 0.2) is 0 Å². The summed E-state index contributed by atoms with van der Waals surface area (Å²) in [6, 6.07) is 3.64. The Labute approximate surface area is 118 Å². The number of hydrogen-bond acceptors (Lipinski definition) is 4. The van der Waals surface area contributed by atoms with Crippen molar-refractivity contribution < 1.29 is 0 Å². The SMILES string of the molecule is CC(C)(C#N)CCCCn1ccc(=O)n(CCN)c1=O. The van der Waals surface area contributed by atoms with Crippen LogP contribution in [0.25, 0.3) is 0 Å². The Morgan fingerprint density at radius 1 is 1.30 bits per heavy atom. The van der Waals surface area contributed by atoms with Crippen LogP contribution < -0.4 is 17.0 Å². The quantitative estimate of drug-likeness (QED) is 0.742. The van der Waals surface area contributed by atoms with Gasteiger partial charge in [-0.25, -0.2) is 4.79 Å². The van der Waals surface area contributed by atoms with Gasteiger partial charge in [0.2, 0.25) is 0 Å². The fraction of sp³-hybridized carbons (Fsp3) is 0.643.